The maximum Gasteiger partial charge on any atom is 0.244 e. The Morgan fingerprint density at radius 3 is 2.35 bits per heavy atom. The highest BCUT2D eigenvalue weighted by Crippen LogP contribution is 2.23. The van der Waals surface area contributed by atoms with E-state index in [2.05, 4.69) is 5.32 Å². The SMILES string of the molecule is CCNC(=O)[C@@H](C)N(Cc1ccccc1)C(=O)CN(c1cccc(OC)c1)S(C)(=O)=O. The van der Waals surface area contributed by atoms with Crippen LogP contribution < -0.4 is 14.4 Å². The van der Waals surface area contributed by atoms with Gasteiger partial charge in [0.1, 0.15) is 18.3 Å². The summed E-state index contributed by atoms with van der Waals surface area (Å²) in [6.45, 7) is 3.58. The third kappa shape index (κ3) is 6.71. The summed E-state index contributed by atoms with van der Waals surface area (Å²) in [5, 5.41) is 2.72. The molecule has 0 aliphatic heterocycles. The van der Waals surface area contributed by atoms with Crippen LogP contribution in [0.4, 0.5) is 5.69 Å². The zero-order valence-corrected chi connectivity index (χ0v) is 19.1. The fraction of sp³-hybridized carbons (Fsp3) is 0.364. The van der Waals surface area contributed by atoms with E-state index in [1.54, 1.807) is 38.1 Å². The molecule has 31 heavy (non-hydrogen) atoms. The van der Waals surface area contributed by atoms with Gasteiger partial charge in [0.05, 0.1) is 19.1 Å². The standard InChI is InChI=1S/C22H29N3O5S/c1-5-23-22(27)17(2)24(15-18-10-7-6-8-11-18)21(26)16-25(31(4,28)29)19-12-9-13-20(14-19)30-3/h6-14,17H,5,15-16H2,1-4H3,(H,23,27)/t17-/m1/s1. The number of hydrogen-bond donors (Lipinski definition) is 1. The van der Waals surface area contributed by atoms with Crippen molar-refractivity contribution in [2.24, 2.45) is 0 Å². The molecule has 0 aliphatic rings. The Bertz CT molecular complexity index is 995. The van der Waals surface area contributed by atoms with Gasteiger partial charge in [-0.3, -0.25) is 13.9 Å². The fourth-order valence-electron chi connectivity index (χ4n) is 3.06. The summed E-state index contributed by atoms with van der Waals surface area (Å²) in [4.78, 5) is 27.1. The average Bonchev–Trinajstić information content (AvgIpc) is 2.75. The summed E-state index contributed by atoms with van der Waals surface area (Å²) in [7, 11) is -2.29. The largest absolute Gasteiger partial charge is 0.497 e. The van der Waals surface area contributed by atoms with Crippen molar-refractivity contribution in [1.82, 2.24) is 10.2 Å². The summed E-state index contributed by atoms with van der Waals surface area (Å²) in [6, 6.07) is 14.9. The van der Waals surface area contributed by atoms with E-state index < -0.39 is 28.5 Å². The number of likely N-dealkylation sites (N-methyl/N-ethyl adjacent to an activating group) is 1. The Kier molecular flexibility index (Phi) is 8.44. The molecule has 8 nitrogen and oxygen atoms in total. The number of nitrogens with one attached hydrogen (secondary N) is 1. The zero-order valence-electron chi connectivity index (χ0n) is 18.2. The van der Waals surface area contributed by atoms with E-state index in [1.807, 2.05) is 30.3 Å². The van der Waals surface area contributed by atoms with E-state index in [0.717, 1.165) is 16.1 Å². The fourth-order valence-corrected chi connectivity index (χ4v) is 3.91. The Hall–Kier alpha value is -3.07. The van der Waals surface area contributed by atoms with Crippen molar-refractivity contribution in [2.45, 2.75) is 26.4 Å². The van der Waals surface area contributed by atoms with Crippen molar-refractivity contribution < 1.29 is 22.7 Å². The molecule has 0 aliphatic carbocycles. The van der Waals surface area contributed by atoms with Gasteiger partial charge in [-0.1, -0.05) is 36.4 Å². The number of amides is 2. The number of ether oxygens (including phenoxy) is 1. The van der Waals surface area contributed by atoms with Crippen LogP contribution in [-0.2, 0) is 26.2 Å². The number of carbonyl (C=O) groups is 2. The van der Waals surface area contributed by atoms with Gasteiger partial charge in [-0.25, -0.2) is 8.42 Å². The van der Waals surface area contributed by atoms with E-state index in [0.29, 0.717) is 18.0 Å². The normalized spacial score (nSPS) is 12.0. The van der Waals surface area contributed by atoms with Crippen molar-refractivity contribution in [1.29, 1.82) is 0 Å². The molecule has 0 unspecified atom stereocenters. The van der Waals surface area contributed by atoms with Crippen LogP contribution in [0.1, 0.15) is 19.4 Å². The molecule has 0 spiro atoms. The maximum absolute atomic E-state index is 13.3. The number of carbonyl (C=O) groups excluding carboxylic acids is 2. The monoisotopic (exact) mass is 447 g/mol. The van der Waals surface area contributed by atoms with Crippen LogP contribution in [0.2, 0.25) is 0 Å². The van der Waals surface area contributed by atoms with Crippen molar-refractivity contribution in [3.8, 4) is 5.75 Å². The molecule has 0 saturated carbocycles. The Labute approximate surface area is 183 Å². The second-order valence-corrected chi connectivity index (χ2v) is 8.96. The van der Waals surface area contributed by atoms with Gasteiger partial charge in [-0.2, -0.15) is 0 Å². The molecule has 168 valence electrons. The summed E-state index contributed by atoms with van der Waals surface area (Å²) >= 11 is 0. The van der Waals surface area contributed by atoms with Crippen molar-refractivity contribution in [3.63, 3.8) is 0 Å². The first kappa shape index (κ1) is 24.2. The van der Waals surface area contributed by atoms with E-state index in [4.69, 9.17) is 4.74 Å². The number of hydrogen-bond acceptors (Lipinski definition) is 5. The molecule has 0 saturated heterocycles. The first-order valence-electron chi connectivity index (χ1n) is 9.90. The van der Waals surface area contributed by atoms with E-state index in [1.165, 1.54) is 12.0 Å². The molecule has 9 heteroatoms. The van der Waals surface area contributed by atoms with E-state index in [-0.39, 0.29) is 12.5 Å². The summed E-state index contributed by atoms with van der Waals surface area (Å²) in [5.74, 6) is -0.328. The predicted octanol–water partition coefficient (Wildman–Crippen LogP) is 2.01. The molecule has 0 heterocycles. The molecular formula is C22H29N3O5S. The minimum absolute atomic E-state index is 0.174. The minimum Gasteiger partial charge on any atom is -0.497 e. The average molecular weight is 448 g/mol. The lowest BCUT2D eigenvalue weighted by Crippen LogP contribution is -2.51. The van der Waals surface area contributed by atoms with E-state index in [9.17, 15) is 18.0 Å². The first-order chi connectivity index (χ1) is 14.7. The van der Waals surface area contributed by atoms with E-state index >= 15 is 0 Å². The van der Waals surface area contributed by atoms with Crippen molar-refractivity contribution in [3.05, 3.63) is 60.2 Å². The quantitative estimate of drug-likeness (QED) is 0.601. The van der Waals surface area contributed by atoms with Gasteiger partial charge in [0.15, 0.2) is 0 Å². The smallest absolute Gasteiger partial charge is 0.244 e. The molecule has 2 aromatic carbocycles. The second-order valence-electron chi connectivity index (χ2n) is 7.05. The molecular weight excluding hydrogens is 418 g/mol. The number of anilines is 1. The molecule has 2 rings (SSSR count). The molecule has 0 aromatic heterocycles. The van der Waals surface area contributed by atoms with Gasteiger partial charge in [0.2, 0.25) is 21.8 Å². The summed E-state index contributed by atoms with van der Waals surface area (Å²) in [6.07, 6.45) is 1.04. The van der Waals surface area contributed by atoms with Crippen LogP contribution >= 0.6 is 0 Å². The number of rotatable bonds is 10. The van der Waals surface area contributed by atoms with Crippen molar-refractivity contribution in [2.75, 3.05) is 30.8 Å². The zero-order chi connectivity index (χ0) is 23.0. The lowest BCUT2D eigenvalue weighted by atomic mass is 10.1. The number of nitrogens with zero attached hydrogens (tertiary/aromatic N) is 2. The molecule has 0 radical (unpaired) electrons. The lowest BCUT2D eigenvalue weighted by Gasteiger charge is -2.31. The number of benzene rings is 2. The van der Waals surface area contributed by atoms with Crippen LogP contribution in [-0.4, -0.2) is 57.6 Å². The first-order valence-corrected chi connectivity index (χ1v) is 11.7. The highest BCUT2D eigenvalue weighted by atomic mass is 32.2. The maximum atomic E-state index is 13.3. The summed E-state index contributed by atoms with van der Waals surface area (Å²) in [5.41, 5.74) is 1.14. The van der Waals surface area contributed by atoms with Gasteiger partial charge in [0.25, 0.3) is 0 Å². The molecule has 1 N–H and O–H groups in total. The van der Waals surface area contributed by atoms with Gasteiger partial charge in [-0.05, 0) is 31.5 Å². The Morgan fingerprint density at radius 2 is 1.77 bits per heavy atom. The topological polar surface area (TPSA) is 96.0 Å². The third-order valence-electron chi connectivity index (χ3n) is 4.73. The minimum atomic E-state index is -3.77. The highest BCUT2D eigenvalue weighted by molar-refractivity contribution is 7.92. The van der Waals surface area contributed by atoms with Crippen LogP contribution in [0.5, 0.6) is 5.75 Å². The van der Waals surface area contributed by atoms with Crippen molar-refractivity contribution >= 4 is 27.5 Å². The van der Waals surface area contributed by atoms with Gasteiger partial charge >= 0.3 is 0 Å². The highest BCUT2D eigenvalue weighted by Gasteiger charge is 2.29. The Morgan fingerprint density at radius 1 is 1.10 bits per heavy atom. The molecule has 0 fully saturated rings. The molecule has 2 amide bonds. The number of methoxy groups -OCH3 is 1. The molecule has 1 atom stereocenters. The summed E-state index contributed by atoms with van der Waals surface area (Å²) < 4.78 is 31.2. The molecule has 0 bridgehead atoms. The van der Waals surface area contributed by atoms with Crippen LogP contribution in [0.25, 0.3) is 0 Å². The van der Waals surface area contributed by atoms with Gasteiger partial charge in [-0.15, -0.1) is 0 Å². The third-order valence-corrected chi connectivity index (χ3v) is 5.88. The lowest BCUT2D eigenvalue weighted by molar-refractivity contribution is -0.139. The number of sulfonamides is 1. The van der Waals surface area contributed by atoms with Crippen LogP contribution in [0.15, 0.2) is 54.6 Å². The van der Waals surface area contributed by atoms with Crippen LogP contribution in [0, 0.1) is 0 Å². The predicted molar refractivity (Wildman–Crippen MR) is 120 cm³/mol. The van der Waals surface area contributed by atoms with Crippen LogP contribution in [0.3, 0.4) is 0 Å². The molecule has 2 aromatic rings. The van der Waals surface area contributed by atoms with Gasteiger partial charge < -0.3 is 15.0 Å². The Balaban J connectivity index is 2.37. The second kappa shape index (κ2) is 10.8. The van der Waals surface area contributed by atoms with Gasteiger partial charge in [0, 0.05) is 19.2 Å².